The number of methoxy groups -OCH3 is 3. The maximum atomic E-state index is 13.2. The molecule has 1 unspecified atom stereocenters. The van der Waals surface area contributed by atoms with Crippen molar-refractivity contribution in [3.8, 4) is 28.4 Å². The number of aryl methyl sites for hydroxylation is 1. The summed E-state index contributed by atoms with van der Waals surface area (Å²) in [5.74, 6) is 0.403. The third-order valence-electron chi connectivity index (χ3n) is 6.66. The summed E-state index contributed by atoms with van der Waals surface area (Å²) in [4.78, 5) is 35.7. The van der Waals surface area contributed by atoms with Gasteiger partial charge in [0.05, 0.1) is 38.3 Å². The maximum absolute atomic E-state index is 13.2. The molecule has 0 bridgehead atoms. The van der Waals surface area contributed by atoms with E-state index < -0.39 is 18.1 Å². The lowest BCUT2D eigenvalue weighted by Gasteiger charge is -2.22. The molecule has 0 aromatic heterocycles. The molecule has 200 valence electrons. The minimum Gasteiger partial charge on any atom is -0.493 e. The Morgan fingerprint density at radius 2 is 1.92 bits per heavy atom. The average Bonchev–Trinajstić information content (AvgIpc) is 3.14. The lowest BCUT2D eigenvalue weighted by Crippen LogP contribution is -2.29. The Hall–Kier alpha value is -3.86. The Morgan fingerprint density at radius 1 is 1.19 bits per heavy atom. The molecule has 2 aromatic rings. The summed E-state index contributed by atoms with van der Waals surface area (Å²) in [5, 5.41) is 16.5. The van der Waals surface area contributed by atoms with Gasteiger partial charge in [-0.3, -0.25) is 14.6 Å². The van der Waals surface area contributed by atoms with Gasteiger partial charge in [-0.25, -0.2) is 0 Å². The van der Waals surface area contributed by atoms with Gasteiger partial charge in [0.15, 0.2) is 11.5 Å². The lowest BCUT2D eigenvalue weighted by atomic mass is 9.95. The number of ether oxygens (including phenoxy) is 3. The number of hydrogen-bond donors (Lipinski definition) is 3. The molecule has 1 aliphatic rings. The SMILES string of the molecule is COc1cc2c(c(OC)c1OC)-c1ccc(NCCCCC(N)C(=O)O)c(=O)cc1[C@@H](N(C)N=O)CC2. The van der Waals surface area contributed by atoms with E-state index in [1.807, 2.05) is 12.1 Å². The van der Waals surface area contributed by atoms with E-state index in [0.29, 0.717) is 67.1 Å². The fourth-order valence-corrected chi connectivity index (χ4v) is 4.72. The van der Waals surface area contributed by atoms with Crippen molar-refractivity contribution in [2.24, 2.45) is 11.0 Å². The predicted octanol–water partition coefficient (Wildman–Crippen LogP) is 3.33. The van der Waals surface area contributed by atoms with Gasteiger partial charge in [-0.2, -0.15) is 0 Å². The van der Waals surface area contributed by atoms with Gasteiger partial charge in [0.25, 0.3) is 0 Å². The molecular weight excluding hydrogens is 480 g/mol. The Morgan fingerprint density at radius 3 is 2.54 bits per heavy atom. The third kappa shape index (κ3) is 5.93. The largest absolute Gasteiger partial charge is 0.493 e. The summed E-state index contributed by atoms with van der Waals surface area (Å²) in [7, 11) is 6.22. The Bertz CT molecular complexity index is 1200. The highest BCUT2D eigenvalue weighted by atomic mass is 16.5. The van der Waals surface area contributed by atoms with Gasteiger partial charge in [0.1, 0.15) is 6.04 Å². The molecule has 11 heteroatoms. The normalized spacial score (nSPS) is 14.9. The molecule has 0 amide bonds. The van der Waals surface area contributed by atoms with Crippen LogP contribution in [0.15, 0.2) is 34.3 Å². The number of hydrogen-bond acceptors (Lipinski definition) is 9. The number of fused-ring (bicyclic) bond motifs is 3. The van der Waals surface area contributed by atoms with E-state index >= 15 is 0 Å². The molecule has 11 nitrogen and oxygen atoms in total. The molecule has 2 atom stereocenters. The molecule has 0 fully saturated rings. The molecular formula is C26H34N4O7. The number of anilines is 1. The van der Waals surface area contributed by atoms with Gasteiger partial charge < -0.3 is 30.4 Å². The van der Waals surface area contributed by atoms with Crippen molar-refractivity contribution >= 4 is 11.7 Å². The monoisotopic (exact) mass is 514 g/mol. The number of nitrogens with two attached hydrogens (primary N) is 1. The zero-order valence-corrected chi connectivity index (χ0v) is 21.6. The number of carboxylic acid groups (broad SMARTS) is 1. The number of benzene rings is 1. The smallest absolute Gasteiger partial charge is 0.320 e. The van der Waals surface area contributed by atoms with Gasteiger partial charge in [-0.1, -0.05) is 6.07 Å². The number of aliphatic carboxylic acids is 1. The quantitative estimate of drug-likeness (QED) is 0.218. The second-order valence-corrected chi connectivity index (χ2v) is 8.88. The number of nitroso groups, excluding NO2 is 1. The number of rotatable bonds is 12. The number of carbonyl (C=O) groups is 1. The Kier molecular flexibility index (Phi) is 9.29. The highest BCUT2D eigenvalue weighted by molar-refractivity contribution is 5.83. The van der Waals surface area contributed by atoms with Crippen molar-refractivity contribution < 1.29 is 24.1 Å². The van der Waals surface area contributed by atoms with E-state index in [2.05, 4.69) is 10.6 Å². The average molecular weight is 515 g/mol. The van der Waals surface area contributed by atoms with Crippen molar-refractivity contribution in [3.63, 3.8) is 0 Å². The number of carboxylic acids is 1. The summed E-state index contributed by atoms with van der Waals surface area (Å²) >= 11 is 0. The van der Waals surface area contributed by atoms with Gasteiger partial charge in [0.2, 0.25) is 11.2 Å². The molecule has 0 saturated heterocycles. The first-order valence-corrected chi connectivity index (χ1v) is 12.1. The highest BCUT2D eigenvalue weighted by Gasteiger charge is 2.31. The summed E-state index contributed by atoms with van der Waals surface area (Å²) in [6.45, 7) is 0.473. The number of unbranched alkanes of at least 4 members (excludes halogenated alkanes) is 1. The molecule has 0 saturated carbocycles. The molecule has 0 radical (unpaired) electrons. The number of nitrogens with one attached hydrogen (secondary N) is 1. The fraction of sp³-hybridized carbons (Fsp3) is 0.462. The minimum absolute atomic E-state index is 0.240. The van der Waals surface area contributed by atoms with E-state index in [9.17, 15) is 14.5 Å². The molecule has 0 heterocycles. The van der Waals surface area contributed by atoms with E-state index in [1.165, 1.54) is 18.2 Å². The molecule has 0 spiro atoms. The van der Waals surface area contributed by atoms with Crippen molar-refractivity contribution in [1.29, 1.82) is 0 Å². The molecule has 1 aliphatic carbocycles. The van der Waals surface area contributed by atoms with Crippen LogP contribution in [0.2, 0.25) is 0 Å². The zero-order chi connectivity index (χ0) is 27.1. The van der Waals surface area contributed by atoms with Crippen molar-refractivity contribution in [1.82, 2.24) is 5.01 Å². The van der Waals surface area contributed by atoms with Crippen molar-refractivity contribution in [2.75, 3.05) is 40.2 Å². The van der Waals surface area contributed by atoms with Gasteiger partial charge in [0, 0.05) is 19.2 Å². The van der Waals surface area contributed by atoms with E-state index in [1.54, 1.807) is 27.3 Å². The summed E-state index contributed by atoms with van der Waals surface area (Å²) in [6.07, 6.45) is 2.73. The lowest BCUT2D eigenvalue weighted by molar-refractivity contribution is -0.138. The highest BCUT2D eigenvalue weighted by Crippen LogP contribution is 2.50. The first-order chi connectivity index (χ1) is 17.8. The second-order valence-electron chi connectivity index (χ2n) is 8.88. The first-order valence-electron chi connectivity index (χ1n) is 12.1. The Balaban J connectivity index is 2.07. The van der Waals surface area contributed by atoms with E-state index in [4.69, 9.17) is 25.1 Å². The van der Waals surface area contributed by atoms with Gasteiger partial charge in [-0.05, 0) is 67.0 Å². The number of nitrogens with zero attached hydrogens (tertiary/aromatic N) is 2. The predicted molar refractivity (Wildman–Crippen MR) is 140 cm³/mol. The minimum atomic E-state index is -1.03. The fourth-order valence-electron chi connectivity index (χ4n) is 4.72. The molecule has 2 aromatic carbocycles. The van der Waals surface area contributed by atoms with E-state index in [-0.39, 0.29) is 5.43 Å². The van der Waals surface area contributed by atoms with Crippen LogP contribution >= 0.6 is 0 Å². The zero-order valence-electron chi connectivity index (χ0n) is 21.6. The van der Waals surface area contributed by atoms with Crippen LogP contribution in [0.5, 0.6) is 17.2 Å². The van der Waals surface area contributed by atoms with Crippen LogP contribution in [0, 0.1) is 4.91 Å². The molecule has 3 rings (SSSR count). The molecule has 4 N–H and O–H groups in total. The summed E-state index contributed by atoms with van der Waals surface area (Å²) in [5.41, 5.74) is 8.77. The summed E-state index contributed by atoms with van der Waals surface area (Å²) < 4.78 is 16.9. The van der Waals surface area contributed by atoms with Crippen LogP contribution in [-0.2, 0) is 11.2 Å². The van der Waals surface area contributed by atoms with Crippen molar-refractivity contribution in [3.05, 3.63) is 50.5 Å². The van der Waals surface area contributed by atoms with Crippen LogP contribution in [0.1, 0.15) is 42.9 Å². The molecule has 37 heavy (non-hydrogen) atoms. The van der Waals surface area contributed by atoms with Crippen molar-refractivity contribution in [2.45, 2.75) is 44.2 Å². The maximum Gasteiger partial charge on any atom is 0.320 e. The van der Waals surface area contributed by atoms with Crippen LogP contribution in [0.25, 0.3) is 11.1 Å². The third-order valence-corrected chi connectivity index (χ3v) is 6.66. The topological polar surface area (TPSA) is 153 Å². The van der Waals surface area contributed by atoms with E-state index in [0.717, 1.165) is 16.7 Å². The van der Waals surface area contributed by atoms with Crippen LogP contribution < -0.4 is 30.7 Å². The standard InChI is InChI=1S/C26H34N4O7/c1-30(29-34)20-11-8-15-13-22(35-2)24(36-3)25(37-4)23(15)16-9-10-19(21(31)14-17(16)20)28-12-6-5-7-18(27)26(32)33/h9-10,13-14,18,20H,5-8,11-12,27H2,1-4H3,(H,28,31)(H,32,33)/t18?,20-/m0/s1. The van der Waals surface area contributed by atoms with Crippen LogP contribution in [0.4, 0.5) is 5.69 Å². The summed E-state index contributed by atoms with van der Waals surface area (Å²) in [6, 6.07) is 5.64. The van der Waals surface area contributed by atoms with Crippen LogP contribution in [-0.4, -0.2) is 57.0 Å². The second kappa shape index (κ2) is 12.4. The first kappa shape index (κ1) is 27.7. The molecule has 0 aliphatic heterocycles. The Labute approximate surface area is 215 Å². The van der Waals surface area contributed by atoms with Gasteiger partial charge >= 0.3 is 5.97 Å². The van der Waals surface area contributed by atoms with Crippen LogP contribution in [0.3, 0.4) is 0 Å². The van der Waals surface area contributed by atoms with Gasteiger partial charge in [-0.15, -0.1) is 4.91 Å².